The molecule has 19 heavy (non-hydrogen) atoms. The van der Waals surface area contributed by atoms with Crippen molar-refractivity contribution < 1.29 is 9.18 Å². The molecule has 0 unspecified atom stereocenters. The maximum atomic E-state index is 13.1. The molecule has 0 bridgehead atoms. The summed E-state index contributed by atoms with van der Waals surface area (Å²) in [7, 11) is 0. The molecule has 3 nitrogen and oxygen atoms in total. The highest BCUT2D eigenvalue weighted by Gasteiger charge is 2.13. The van der Waals surface area contributed by atoms with Gasteiger partial charge in [-0.25, -0.2) is 8.91 Å². The van der Waals surface area contributed by atoms with Crippen LogP contribution in [0.25, 0.3) is 5.52 Å². The summed E-state index contributed by atoms with van der Waals surface area (Å²) in [5.41, 5.74) is 1.99. The van der Waals surface area contributed by atoms with Crippen LogP contribution >= 0.6 is 0 Å². The number of benzene rings is 1. The minimum atomic E-state index is -0.329. The molecule has 0 saturated carbocycles. The van der Waals surface area contributed by atoms with Crippen molar-refractivity contribution in [3.8, 4) is 0 Å². The lowest BCUT2D eigenvalue weighted by Gasteiger charge is -2.00. The lowest BCUT2D eigenvalue weighted by molar-refractivity contribution is 0.0994. The average molecular weight is 254 g/mol. The average Bonchev–Trinajstić information content (AvgIpc) is 2.82. The Bertz CT molecular complexity index is 748. The van der Waals surface area contributed by atoms with E-state index >= 15 is 0 Å². The topological polar surface area (TPSA) is 34.4 Å². The number of halogens is 1. The van der Waals surface area contributed by atoms with E-state index in [2.05, 4.69) is 5.10 Å². The van der Waals surface area contributed by atoms with E-state index in [1.807, 2.05) is 18.2 Å². The van der Waals surface area contributed by atoms with Crippen molar-refractivity contribution in [1.29, 1.82) is 0 Å². The highest BCUT2D eigenvalue weighted by atomic mass is 19.1. The second-order valence-corrected chi connectivity index (χ2v) is 4.32. The van der Waals surface area contributed by atoms with Crippen LogP contribution in [0.4, 0.5) is 4.39 Å². The van der Waals surface area contributed by atoms with Gasteiger partial charge in [0.25, 0.3) is 0 Å². The Kier molecular flexibility index (Phi) is 2.83. The molecule has 0 spiro atoms. The summed E-state index contributed by atoms with van der Waals surface area (Å²) in [6.07, 6.45) is 3.51. The molecule has 0 saturated heterocycles. The zero-order chi connectivity index (χ0) is 13.2. The van der Waals surface area contributed by atoms with Crippen LogP contribution in [0.2, 0.25) is 0 Å². The van der Waals surface area contributed by atoms with E-state index in [0.717, 1.165) is 5.52 Å². The SMILES string of the molecule is O=C(Cc1cccc(F)c1)c1cnn2ccccc12. The number of Topliss-reactive ketones (excluding diaryl/α,β-unsaturated/α-hetero) is 1. The highest BCUT2D eigenvalue weighted by molar-refractivity contribution is 6.03. The molecule has 3 rings (SSSR count). The molecule has 0 fully saturated rings. The van der Waals surface area contributed by atoms with E-state index in [-0.39, 0.29) is 18.0 Å². The third-order valence-corrected chi connectivity index (χ3v) is 2.98. The van der Waals surface area contributed by atoms with Gasteiger partial charge < -0.3 is 0 Å². The largest absolute Gasteiger partial charge is 0.294 e. The molecule has 94 valence electrons. The van der Waals surface area contributed by atoms with Crippen LogP contribution in [0.3, 0.4) is 0 Å². The molecule has 0 N–H and O–H groups in total. The first-order chi connectivity index (χ1) is 9.24. The molecule has 2 heterocycles. The molecule has 0 aliphatic heterocycles. The lowest BCUT2D eigenvalue weighted by atomic mass is 10.0. The van der Waals surface area contributed by atoms with Gasteiger partial charge in [-0.15, -0.1) is 0 Å². The molecule has 0 aliphatic rings. The Hall–Kier alpha value is -2.49. The van der Waals surface area contributed by atoms with Crippen LogP contribution in [0, 0.1) is 5.82 Å². The standard InChI is InChI=1S/C15H11FN2O/c16-12-5-3-4-11(8-12)9-15(19)13-10-17-18-7-2-1-6-14(13)18/h1-8,10H,9H2. The molecule has 3 aromatic rings. The highest BCUT2D eigenvalue weighted by Crippen LogP contribution is 2.14. The predicted octanol–water partition coefficient (Wildman–Crippen LogP) is 2.90. The summed E-state index contributed by atoms with van der Waals surface area (Å²) in [5, 5.41) is 4.12. The second-order valence-electron chi connectivity index (χ2n) is 4.32. The number of aromatic nitrogens is 2. The Balaban J connectivity index is 1.92. The maximum absolute atomic E-state index is 13.1. The maximum Gasteiger partial charge on any atom is 0.171 e. The Labute approximate surface area is 109 Å². The fraction of sp³-hybridized carbons (Fsp3) is 0.0667. The number of hydrogen-bond acceptors (Lipinski definition) is 2. The van der Waals surface area contributed by atoms with Gasteiger partial charge in [-0.3, -0.25) is 4.79 Å². The van der Waals surface area contributed by atoms with Crippen molar-refractivity contribution >= 4 is 11.3 Å². The Morgan fingerprint density at radius 3 is 2.95 bits per heavy atom. The lowest BCUT2D eigenvalue weighted by Crippen LogP contribution is -2.03. The van der Waals surface area contributed by atoms with E-state index in [9.17, 15) is 9.18 Å². The summed E-state index contributed by atoms with van der Waals surface area (Å²) in [6.45, 7) is 0. The summed E-state index contributed by atoms with van der Waals surface area (Å²) in [5.74, 6) is -0.392. The van der Waals surface area contributed by atoms with Gasteiger partial charge in [0, 0.05) is 12.6 Å². The van der Waals surface area contributed by atoms with Gasteiger partial charge in [0.05, 0.1) is 17.3 Å². The fourth-order valence-corrected chi connectivity index (χ4v) is 2.08. The predicted molar refractivity (Wildman–Crippen MR) is 69.6 cm³/mol. The molecule has 1 aromatic carbocycles. The number of carbonyl (C=O) groups excluding carboxylic acids is 1. The van der Waals surface area contributed by atoms with Gasteiger partial charge >= 0.3 is 0 Å². The first kappa shape index (κ1) is 11.6. The number of pyridine rings is 1. The van der Waals surface area contributed by atoms with Crippen LogP contribution in [0.5, 0.6) is 0 Å². The number of ketones is 1. The number of nitrogens with zero attached hydrogens (tertiary/aromatic N) is 2. The van der Waals surface area contributed by atoms with E-state index in [4.69, 9.17) is 0 Å². The zero-order valence-corrected chi connectivity index (χ0v) is 10.1. The quantitative estimate of drug-likeness (QED) is 0.673. The van der Waals surface area contributed by atoms with Crippen LogP contribution in [0.15, 0.2) is 54.9 Å². The molecule has 0 radical (unpaired) electrons. The Morgan fingerprint density at radius 1 is 1.21 bits per heavy atom. The van der Waals surface area contributed by atoms with Crippen molar-refractivity contribution in [1.82, 2.24) is 9.61 Å². The van der Waals surface area contributed by atoms with E-state index in [1.54, 1.807) is 29.0 Å². The minimum Gasteiger partial charge on any atom is -0.294 e. The van der Waals surface area contributed by atoms with Crippen LogP contribution in [0.1, 0.15) is 15.9 Å². The number of carbonyl (C=O) groups is 1. The molecular formula is C15H11FN2O. The van der Waals surface area contributed by atoms with Crippen LogP contribution < -0.4 is 0 Å². The fourth-order valence-electron chi connectivity index (χ4n) is 2.08. The summed E-state index contributed by atoms with van der Waals surface area (Å²) in [4.78, 5) is 12.2. The molecular weight excluding hydrogens is 243 g/mol. The van der Waals surface area contributed by atoms with Crippen molar-refractivity contribution in [3.05, 3.63) is 71.8 Å². The van der Waals surface area contributed by atoms with E-state index in [0.29, 0.717) is 11.1 Å². The first-order valence-electron chi connectivity index (χ1n) is 5.94. The van der Waals surface area contributed by atoms with Gasteiger partial charge in [-0.2, -0.15) is 5.10 Å². The van der Waals surface area contributed by atoms with Gasteiger partial charge in [0.1, 0.15) is 5.82 Å². The number of fused-ring (bicyclic) bond motifs is 1. The van der Waals surface area contributed by atoms with Gasteiger partial charge in [0.2, 0.25) is 0 Å². The van der Waals surface area contributed by atoms with Gasteiger partial charge in [-0.05, 0) is 29.8 Å². The number of rotatable bonds is 3. The summed E-state index contributed by atoms with van der Waals surface area (Å²) in [6, 6.07) is 11.6. The third kappa shape index (κ3) is 2.25. The van der Waals surface area contributed by atoms with Crippen molar-refractivity contribution in [3.63, 3.8) is 0 Å². The van der Waals surface area contributed by atoms with E-state index < -0.39 is 0 Å². The molecule has 0 atom stereocenters. The van der Waals surface area contributed by atoms with Gasteiger partial charge in [-0.1, -0.05) is 18.2 Å². The smallest absolute Gasteiger partial charge is 0.171 e. The molecule has 2 aromatic heterocycles. The van der Waals surface area contributed by atoms with Crippen LogP contribution in [-0.2, 0) is 6.42 Å². The normalized spacial score (nSPS) is 10.8. The number of hydrogen-bond donors (Lipinski definition) is 0. The third-order valence-electron chi connectivity index (χ3n) is 2.98. The van der Waals surface area contributed by atoms with Crippen molar-refractivity contribution in [2.75, 3.05) is 0 Å². The molecule has 0 amide bonds. The zero-order valence-electron chi connectivity index (χ0n) is 10.1. The van der Waals surface area contributed by atoms with Crippen LogP contribution in [-0.4, -0.2) is 15.4 Å². The monoisotopic (exact) mass is 254 g/mol. The molecule has 4 heteroatoms. The molecule has 0 aliphatic carbocycles. The van der Waals surface area contributed by atoms with Crippen molar-refractivity contribution in [2.45, 2.75) is 6.42 Å². The van der Waals surface area contributed by atoms with Gasteiger partial charge in [0.15, 0.2) is 5.78 Å². The van der Waals surface area contributed by atoms with E-state index in [1.165, 1.54) is 12.1 Å². The Morgan fingerprint density at radius 2 is 2.11 bits per heavy atom. The van der Waals surface area contributed by atoms with Crippen molar-refractivity contribution in [2.24, 2.45) is 0 Å². The first-order valence-corrected chi connectivity index (χ1v) is 5.94. The minimum absolute atomic E-state index is 0.0631. The summed E-state index contributed by atoms with van der Waals surface area (Å²) < 4.78 is 14.7. The second kappa shape index (κ2) is 4.65. The summed E-state index contributed by atoms with van der Waals surface area (Å²) >= 11 is 0.